The minimum atomic E-state index is -3.05. The first-order valence-electron chi connectivity index (χ1n) is 46.6. The third-order valence-corrected chi connectivity index (χ3v) is 25.6. The number of benzene rings is 9. The fraction of sp³-hybridized carbons (Fsp3) is 0.255. The molecule has 9 aromatic carbocycles. The van der Waals surface area contributed by atoms with Gasteiger partial charge in [0.05, 0.1) is 39.4 Å². The smallest absolute Gasteiger partial charge is 0.332 e. The van der Waals surface area contributed by atoms with Crippen LogP contribution in [0, 0.1) is 13.8 Å². The summed E-state index contributed by atoms with van der Waals surface area (Å²) in [6.45, 7) is 11.5. The van der Waals surface area contributed by atoms with Crippen LogP contribution in [0.15, 0.2) is 271 Å². The van der Waals surface area contributed by atoms with Gasteiger partial charge in [0.2, 0.25) is 0 Å². The molecule has 0 unspecified atom stereocenters. The van der Waals surface area contributed by atoms with Gasteiger partial charge in [-0.05, 0) is 174 Å². The Balaban J connectivity index is 0.000000139. The first kappa shape index (κ1) is 106. The van der Waals surface area contributed by atoms with Crippen LogP contribution in [0.4, 0.5) is 8.78 Å². The van der Waals surface area contributed by atoms with Crippen molar-refractivity contribution in [3.05, 3.63) is 404 Å². The number of aliphatic hydroxyl groups excluding tert-OH is 1. The van der Waals surface area contributed by atoms with E-state index in [1.165, 1.54) is 94.0 Å². The Morgan fingerprint density at radius 1 is 0.331 bits per heavy atom. The number of hydrogen-bond donors (Lipinski definition) is 1. The van der Waals surface area contributed by atoms with Crippen molar-refractivity contribution in [1.29, 1.82) is 0 Å². The Labute approximate surface area is 865 Å². The van der Waals surface area contributed by atoms with E-state index in [1.807, 2.05) is 183 Å². The summed E-state index contributed by atoms with van der Waals surface area (Å²) in [6, 6.07) is 66.0. The van der Waals surface area contributed by atoms with E-state index in [0.29, 0.717) is 106 Å². The molecule has 0 amide bonds. The molecule has 0 fully saturated rings. The van der Waals surface area contributed by atoms with Crippen molar-refractivity contribution < 1.29 is 37.6 Å². The van der Waals surface area contributed by atoms with Crippen LogP contribution in [0.25, 0.3) is 55.8 Å². The predicted octanol–water partition coefficient (Wildman–Crippen LogP) is 15.1. The van der Waals surface area contributed by atoms with Crippen LogP contribution in [0.1, 0.15) is 88.7 Å². The van der Waals surface area contributed by atoms with E-state index < -0.39 is 56.6 Å². The predicted molar refractivity (Wildman–Crippen MR) is 567 cm³/mol. The molecule has 42 heteroatoms. The van der Waals surface area contributed by atoms with Gasteiger partial charge in [0, 0.05) is 122 Å². The van der Waals surface area contributed by atoms with Crippen LogP contribution in [-0.2, 0) is 133 Å². The Morgan fingerprint density at radius 3 is 1.02 bits per heavy atom. The fourth-order valence-electron chi connectivity index (χ4n) is 16.5. The lowest BCUT2D eigenvalue weighted by molar-refractivity contribution is 0.0172. The van der Waals surface area contributed by atoms with Gasteiger partial charge in [0.25, 0.3) is 33.7 Å². The summed E-state index contributed by atoms with van der Waals surface area (Å²) in [5, 5.41) is 11.1. The van der Waals surface area contributed by atoms with E-state index in [1.54, 1.807) is 78.3 Å². The molecule has 766 valence electrons. The third kappa shape index (κ3) is 23.1. The normalized spacial score (nSPS) is 11.4. The summed E-state index contributed by atoms with van der Waals surface area (Å²) in [6.07, 6.45) is 2.33. The SMILES string of the molecule is CCCOCCc1nc2c(c(=O)n(C)c(=O)n2C)n1Cc1cccc(CO)c1.CCc1cccc(Oc2nc3c(c(=O)n(C)c(=O)n3C)n2Cc2cccc(Cl)c2)c1.Cc1cccc(Oc2nc3c(c(=O)n(C)c(=O)n3C)n2Cc2cccc(Br)c2)c1.Cc1cccc(Oc2nc3c(c(=O)n(C)c(=O)n3C)n2Cc2cccc(Cl)c2)c1.Cn1c(=O)c2c(nc(Oc3cccc(C(C)(F)F)c3)n2Cc2ccc(Cl)cc2)n(C)c1=O. The first-order chi connectivity index (χ1) is 70.6. The number of aromatic nitrogens is 20. The Hall–Kier alpha value is -15.9. The number of aryl methyl sites for hydroxylation is 8. The molecule has 0 saturated carbocycles. The number of fused-ring (bicyclic) bond motifs is 5. The molecule has 0 aliphatic carbocycles. The lowest BCUT2D eigenvalue weighted by atomic mass is 10.1. The van der Waals surface area contributed by atoms with Crippen LogP contribution in [0.5, 0.6) is 47.0 Å². The summed E-state index contributed by atoms with van der Waals surface area (Å²) in [5.74, 6) is -0.425. The summed E-state index contributed by atoms with van der Waals surface area (Å²) >= 11 is 21.7. The summed E-state index contributed by atoms with van der Waals surface area (Å²) in [5.41, 5.74) is 6.52. The van der Waals surface area contributed by atoms with Gasteiger partial charge in [0.1, 0.15) is 28.8 Å². The highest BCUT2D eigenvalue weighted by Crippen LogP contribution is 2.35. The van der Waals surface area contributed by atoms with Crippen molar-refractivity contribution in [1.82, 2.24) is 93.4 Å². The maximum absolute atomic E-state index is 13.8. The molecule has 19 aromatic rings. The van der Waals surface area contributed by atoms with Gasteiger partial charge in [-0.1, -0.05) is 186 Å². The molecule has 0 radical (unpaired) electrons. The molecule has 0 bridgehead atoms. The molecule has 0 atom stereocenters. The lowest BCUT2D eigenvalue weighted by Gasteiger charge is -2.13. The topological polar surface area (TPSA) is 375 Å². The van der Waals surface area contributed by atoms with E-state index in [-0.39, 0.29) is 87.7 Å². The molecule has 0 aliphatic heterocycles. The average Bonchev–Trinajstić information content (AvgIpc) is 1.61. The number of nitrogens with zero attached hydrogens (tertiary/aromatic N) is 20. The van der Waals surface area contributed by atoms with Gasteiger partial charge >= 0.3 is 52.5 Å². The average molecular weight is 2140 g/mol. The minimum Gasteiger partial charge on any atom is -0.425 e. The van der Waals surface area contributed by atoms with Crippen LogP contribution in [-0.4, -0.2) is 112 Å². The summed E-state index contributed by atoms with van der Waals surface area (Å²) in [7, 11) is 15.1. The van der Waals surface area contributed by atoms with Crippen molar-refractivity contribution in [2.24, 2.45) is 70.5 Å². The molecule has 10 aromatic heterocycles. The highest BCUT2D eigenvalue weighted by molar-refractivity contribution is 9.10. The summed E-state index contributed by atoms with van der Waals surface area (Å²) < 4.78 is 78.4. The van der Waals surface area contributed by atoms with Crippen LogP contribution in [0.3, 0.4) is 0 Å². The number of aliphatic hydroxyl groups is 1. The largest absolute Gasteiger partial charge is 0.425 e. The summed E-state index contributed by atoms with van der Waals surface area (Å²) in [4.78, 5) is 149. The maximum atomic E-state index is 13.8. The van der Waals surface area contributed by atoms with Crippen LogP contribution in [0.2, 0.25) is 15.1 Å². The second-order valence-corrected chi connectivity index (χ2v) is 37.5. The number of alkyl halides is 2. The van der Waals surface area contributed by atoms with Gasteiger partial charge in [0.15, 0.2) is 55.8 Å². The molecule has 0 saturated heterocycles. The Morgan fingerprint density at radius 2 is 0.649 bits per heavy atom. The van der Waals surface area contributed by atoms with Crippen molar-refractivity contribution >= 4 is 107 Å². The first-order valence-corrected chi connectivity index (χ1v) is 48.5. The molecule has 36 nitrogen and oxygen atoms in total. The number of hydrogen-bond acceptors (Lipinski definition) is 21. The fourth-order valence-corrected chi connectivity index (χ4v) is 17.5. The molecule has 10 heterocycles. The zero-order valence-corrected chi connectivity index (χ0v) is 87.2. The number of ether oxygens (including phenoxy) is 5. The van der Waals surface area contributed by atoms with Crippen LogP contribution >= 0.6 is 50.7 Å². The standard InChI is InChI=1S/C22H19ClF2N4O3.C22H21ClN4O3.C21H19BrN4O3.C21H19ClN4O3.C20H26N4O4/c1-22(24,25)14-5-4-6-16(11-14)32-20-26-18-17(19(30)28(3)21(31)27(18)2)29(20)12-13-7-9-15(23)10-8-13;1-4-14-7-6-10-17(12-14)30-21-24-19-18(20(28)26(3)22(29)25(19)2)27(21)13-15-8-5-9-16(23)11-15;2*1-13-6-4-9-16(10-13)29-20-23-18-17(19(27)25(3)21(28)24(18)2)26(20)12-14-7-5-8-15(22)11-14;1-4-9-28-10-8-16-21-18-17(19(26)23(3)20(27)22(18)2)24(16)12-14-6-5-7-15(11-14)13-25/h4-11H,12H2,1-3H3;5-12H,4,13H2,1-3H3;2*4-11H,12H2,1-3H3;5-7,11,25H,4,8-10,12-13H2,1-3H3. The van der Waals surface area contributed by atoms with Gasteiger partial charge < -0.3 is 33.4 Å². The van der Waals surface area contributed by atoms with Crippen molar-refractivity contribution in [3.8, 4) is 47.0 Å². The minimum absolute atomic E-state index is 0.00943. The lowest BCUT2D eigenvalue weighted by Crippen LogP contribution is -2.37. The zero-order chi connectivity index (χ0) is 106. The molecule has 148 heavy (non-hydrogen) atoms. The van der Waals surface area contributed by atoms with E-state index in [0.717, 1.165) is 97.1 Å². The zero-order valence-electron chi connectivity index (χ0n) is 83.3. The van der Waals surface area contributed by atoms with E-state index in [4.69, 9.17) is 58.5 Å². The molecule has 0 aliphatic rings. The van der Waals surface area contributed by atoms with E-state index in [2.05, 4.69) is 47.8 Å². The number of imidazole rings is 5. The molecule has 19 rings (SSSR count). The van der Waals surface area contributed by atoms with E-state index >= 15 is 0 Å². The van der Waals surface area contributed by atoms with E-state index in [9.17, 15) is 61.8 Å². The molecular weight excluding hydrogens is 2030 g/mol. The molecule has 0 spiro atoms. The Kier molecular flexibility index (Phi) is 32.6. The highest BCUT2D eigenvalue weighted by atomic mass is 79.9. The van der Waals surface area contributed by atoms with Crippen LogP contribution < -0.4 is 75.2 Å². The van der Waals surface area contributed by atoms with Gasteiger partial charge in [-0.25, -0.2) is 37.7 Å². The van der Waals surface area contributed by atoms with Gasteiger partial charge in [-0.15, -0.1) is 0 Å². The molecule has 1 N–H and O–H groups in total. The Bertz CT molecular complexity index is 8770. The van der Waals surface area contributed by atoms with Crippen molar-refractivity contribution in [2.45, 2.75) is 99.1 Å². The van der Waals surface area contributed by atoms with Gasteiger partial charge in [-0.2, -0.15) is 19.9 Å². The quantitative estimate of drug-likeness (QED) is 0.0492. The maximum Gasteiger partial charge on any atom is 0.332 e. The highest BCUT2D eigenvalue weighted by Gasteiger charge is 2.30. The van der Waals surface area contributed by atoms with Gasteiger partial charge in [-0.3, -0.25) is 87.9 Å². The van der Waals surface area contributed by atoms with Crippen molar-refractivity contribution in [2.75, 3.05) is 13.2 Å². The number of rotatable bonds is 26. The molecular formula is C106H104BrCl3F2N20O16. The third-order valence-electron chi connectivity index (χ3n) is 24.4. The van der Waals surface area contributed by atoms with Crippen molar-refractivity contribution in [3.63, 3.8) is 0 Å². The second kappa shape index (κ2) is 45.4. The second-order valence-electron chi connectivity index (χ2n) is 35.2. The number of halogens is 6. The monoisotopic (exact) mass is 2130 g/mol.